The van der Waals surface area contributed by atoms with Gasteiger partial charge in [0.1, 0.15) is 0 Å². The zero-order valence-corrected chi connectivity index (χ0v) is 15.5. The van der Waals surface area contributed by atoms with Gasteiger partial charge in [-0.2, -0.15) is 0 Å². The molecule has 1 aromatic carbocycles. The molecule has 3 rings (SSSR count). The van der Waals surface area contributed by atoms with Gasteiger partial charge in [-0.05, 0) is 17.0 Å². The second kappa shape index (κ2) is 9.62. The number of thiophene rings is 1. The Morgan fingerprint density at radius 1 is 1.08 bits per heavy atom. The Bertz CT molecular complexity index is 697. The molecule has 1 amide bonds. The SMILES string of the molecule is O=C(CCC(=O)c1cccs1)N[C@H](CN1CCOCC1)c1ccccc1. The summed E-state index contributed by atoms with van der Waals surface area (Å²) in [7, 11) is 0. The van der Waals surface area contributed by atoms with Gasteiger partial charge >= 0.3 is 0 Å². The molecule has 6 heteroatoms. The fraction of sp³-hybridized carbons (Fsp3) is 0.400. The lowest BCUT2D eigenvalue weighted by atomic mass is 10.1. The number of ketones is 1. The second-order valence-corrected chi connectivity index (χ2v) is 7.29. The normalized spacial score (nSPS) is 16.2. The van der Waals surface area contributed by atoms with Gasteiger partial charge in [0.15, 0.2) is 5.78 Å². The predicted octanol–water partition coefficient (Wildman–Crippen LogP) is 2.90. The summed E-state index contributed by atoms with van der Waals surface area (Å²) in [5, 5.41) is 4.99. The van der Waals surface area contributed by atoms with E-state index >= 15 is 0 Å². The molecule has 138 valence electrons. The molecule has 0 spiro atoms. The summed E-state index contributed by atoms with van der Waals surface area (Å²) in [5.41, 5.74) is 1.08. The van der Waals surface area contributed by atoms with Crippen LogP contribution in [0, 0.1) is 0 Å². The van der Waals surface area contributed by atoms with Gasteiger partial charge in [0.05, 0.1) is 24.1 Å². The van der Waals surface area contributed by atoms with Crippen molar-refractivity contribution in [1.29, 1.82) is 0 Å². The van der Waals surface area contributed by atoms with E-state index in [0.717, 1.165) is 38.4 Å². The molecule has 2 aromatic rings. The minimum atomic E-state index is -0.0861. The van der Waals surface area contributed by atoms with Crippen molar-refractivity contribution in [3.05, 3.63) is 58.3 Å². The predicted molar refractivity (Wildman–Crippen MR) is 102 cm³/mol. The van der Waals surface area contributed by atoms with Crippen LogP contribution in [0.5, 0.6) is 0 Å². The number of nitrogens with one attached hydrogen (secondary N) is 1. The van der Waals surface area contributed by atoms with Crippen LogP contribution in [0.1, 0.15) is 34.1 Å². The Kier molecular flexibility index (Phi) is 6.94. The summed E-state index contributed by atoms with van der Waals surface area (Å²) in [5.74, 6) is -0.0587. The molecule has 0 saturated carbocycles. The largest absolute Gasteiger partial charge is 0.379 e. The number of morpholine rings is 1. The van der Waals surface area contributed by atoms with Crippen molar-refractivity contribution in [2.75, 3.05) is 32.8 Å². The molecular weight excluding hydrogens is 348 g/mol. The molecule has 1 atom stereocenters. The molecule has 0 aliphatic carbocycles. The molecule has 26 heavy (non-hydrogen) atoms. The smallest absolute Gasteiger partial charge is 0.220 e. The zero-order valence-electron chi connectivity index (χ0n) is 14.7. The highest BCUT2D eigenvalue weighted by molar-refractivity contribution is 7.12. The second-order valence-electron chi connectivity index (χ2n) is 6.34. The minimum absolute atomic E-state index is 0.0274. The van der Waals surface area contributed by atoms with E-state index in [4.69, 9.17) is 4.74 Å². The molecule has 1 saturated heterocycles. The van der Waals surface area contributed by atoms with Crippen molar-refractivity contribution in [3.63, 3.8) is 0 Å². The fourth-order valence-corrected chi connectivity index (χ4v) is 3.71. The van der Waals surface area contributed by atoms with Crippen molar-refractivity contribution in [2.45, 2.75) is 18.9 Å². The lowest BCUT2D eigenvalue weighted by Gasteiger charge is -2.31. The van der Waals surface area contributed by atoms with Gasteiger partial charge in [0.25, 0.3) is 0 Å². The number of Topliss-reactive ketones (excluding diaryl/α,β-unsaturated/α-hetero) is 1. The van der Waals surface area contributed by atoms with Gasteiger partial charge < -0.3 is 10.1 Å². The number of rotatable bonds is 8. The Morgan fingerprint density at radius 2 is 1.85 bits per heavy atom. The van der Waals surface area contributed by atoms with Crippen LogP contribution in [0.2, 0.25) is 0 Å². The van der Waals surface area contributed by atoms with E-state index in [9.17, 15) is 9.59 Å². The molecule has 1 aliphatic rings. The monoisotopic (exact) mass is 372 g/mol. The van der Waals surface area contributed by atoms with Gasteiger partial charge in [-0.25, -0.2) is 0 Å². The first-order valence-electron chi connectivity index (χ1n) is 8.93. The number of benzene rings is 1. The third-order valence-corrected chi connectivity index (χ3v) is 5.37. The first-order valence-corrected chi connectivity index (χ1v) is 9.81. The van der Waals surface area contributed by atoms with Crippen LogP contribution in [-0.2, 0) is 9.53 Å². The van der Waals surface area contributed by atoms with Crippen molar-refractivity contribution >= 4 is 23.0 Å². The van der Waals surface area contributed by atoms with Gasteiger partial charge in [-0.3, -0.25) is 14.5 Å². The van der Waals surface area contributed by atoms with Gasteiger partial charge in [-0.15, -0.1) is 11.3 Å². The third kappa shape index (κ3) is 5.49. The number of carbonyl (C=O) groups is 2. The van der Waals surface area contributed by atoms with E-state index < -0.39 is 0 Å². The standard InChI is InChI=1S/C20H24N2O3S/c23-18(19-7-4-14-26-19)8-9-20(24)21-17(16-5-2-1-3-6-16)15-22-10-12-25-13-11-22/h1-7,14,17H,8-13,15H2,(H,21,24)/t17-/m1/s1. The maximum absolute atomic E-state index is 12.4. The van der Waals surface area contributed by atoms with E-state index in [1.807, 2.05) is 41.8 Å². The number of carbonyl (C=O) groups excluding carboxylic acids is 2. The molecular formula is C20H24N2O3S. The average molecular weight is 372 g/mol. The molecule has 0 radical (unpaired) electrons. The molecule has 0 bridgehead atoms. The summed E-state index contributed by atoms with van der Waals surface area (Å²) < 4.78 is 5.40. The van der Waals surface area contributed by atoms with Crippen molar-refractivity contribution in [3.8, 4) is 0 Å². The average Bonchev–Trinajstić information content (AvgIpc) is 3.22. The van der Waals surface area contributed by atoms with Crippen LogP contribution >= 0.6 is 11.3 Å². The molecule has 5 nitrogen and oxygen atoms in total. The lowest BCUT2D eigenvalue weighted by molar-refractivity contribution is -0.122. The maximum Gasteiger partial charge on any atom is 0.220 e. The van der Waals surface area contributed by atoms with Crippen LogP contribution in [0.15, 0.2) is 47.8 Å². The Morgan fingerprint density at radius 3 is 2.54 bits per heavy atom. The highest BCUT2D eigenvalue weighted by Gasteiger charge is 2.20. The molecule has 1 aromatic heterocycles. The van der Waals surface area contributed by atoms with E-state index in [1.165, 1.54) is 11.3 Å². The van der Waals surface area contributed by atoms with Crippen LogP contribution in [-0.4, -0.2) is 49.4 Å². The van der Waals surface area contributed by atoms with Crippen LogP contribution in [0.4, 0.5) is 0 Å². The highest BCUT2D eigenvalue weighted by atomic mass is 32.1. The third-order valence-electron chi connectivity index (χ3n) is 4.46. The van der Waals surface area contributed by atoms with Gasteiger partial charge in [0, 0.05) is 32.5 Å². The Labute approximate surface area is 158 Å². The number of amides is 1. The Balaban J connectivity index is 1.57. The number of hydrogen-bond donors (Lipinski definition) is 1. The molecule has 1 aliphatic heterocycles. The topological polar surface area (TPSA) is 58.6 Å². The number of hydrogen-bond acceptors (Lipinski definition) is 5. The zero-order chi connectivity index (χ0) is 18.2. The summed E-state index contributed by atoms with van der Waals surface area (Å²) in [4.78, 5) is 27.5. The lowest BCUT2D eigenvalue weighted by Crippen LogP contribution is -2.43. The quantitative estimate of drug-likeness (QED) is 0.724. The number of nitrogens with zero attached hydrogens (tertiary/aromatic N) is 1. The van der Waals surface area contributed by atoms with Crippen LogP contribution in [0.25, 0.3) is 0 Å². The minimum Gasteiger partial charge on any atom is -0.379 e. The van der Waals surface area contributed by atoms with Crippen molar-refractivity contribution in [2.24, 2.45) is 0 Å². The first kappa shape index (κ1) is 18.8. The van der Waals surface area contributed by atoms with E-state index in [-0.39, 0.29) is 30.6 Å². The summed E-state index contributed by atoms with van der Waals surface area (Å²) >= 11 is 1.42. The van der Waals surface area contributed by atoms with E-state index in [1.54, 1.807) is 6.07 Å². The number of ether oxygens (including phenoxy) is 1. The summed E-state index contributed by atoms with van der Waals surface area (Å²) in [6, 6.07) is 13.6. The summed E-state index contributed by atoms with van der Waals surface area (Å²) in [6.45, 7) is 3.94. The van der Waals surface area contributed by atoms with E-state index in [0.29, 0.717) is 4.88 Å². The molecule has 0 unspecified atom stereocenters. The van der Waals surface area contributed by atoms with Gasteiger partial charge in [0.2, 0.25) is 5.91 Å². The fourth-order valence-electron chi connectivity index (χ4n) is 3.02. The molecule has 1 N–H and O–H groups in total. The van der Waals surface area contributed by atoms with Crippen LogP contribution < -0.4 is 5.32 Å². The van der Waals surface area contributed by atoms with E-state index in [2.05, 4.69) is 10.2 Å². The highest BCUT2D eigenvalue weighted by Crippen LogP contribution is 2.17. The Hall–Kier alpha value is -2.02. The van der Waals surface area contributed by atoms with Crippen molar-refractivity contribution in [1.82, 2.24) is 10.2 Å². The van der Waals surface area contributed by atoms with Gasteiger partial charge in [-0.1, -0.05) is 36.4 Å². The summed E-state index contributed by atoms with van der Waals surface area (Å²) in [6.07, 6.45) is 0.453. The molecule has 1 fully saturated rings. The molecule has 2 heterocycles. The van der Waals surface area contributed by atoms with Crippen LogP contribution in [0.3, 0.4) is 0 Å². The first-order chi connectivity index (χ1) is 12.7. The maximum atomic E-state index is 12.4. The van der Waals surface area contributed by atoms with Crippen molar-refractivity contribution < 1.29 is 14.3 Å².